The van der Waals surface area contributed by atoms with Gasteiger partial charge in [-0.2, -0.15) is 0 Å². The molecule has 0 aliphatic rings. The summed E-state index contributed by atoms with van der Waals surface area (Å²) < 4.78 is 34.5. The average Bonchev–Trinajstić information content (AvgIpc) is 3.35. The van der Waals surface area contributed by atoms with Crippen molar-refractivity contribution in [2.75, 3.05) is 0 Å². The Morgan fingerprint density at radius 2 is 1.93 bits per heavy atom. The zero-order valence-corrected chi connectivity index (χ0v) is 15.6. The molecule has 9 heteroatoms. The lowest BCUT2D eigenvalue weighted by molar-refractivity contribution is -0.384. The van der Waals surface area contributed by atoms with Crippen molar-refractivity contribution in [3.8, 4) is 11.3 Å². The first kappa shape index (κ1) is 18.8. The Morgan fingerprint density at radius 1 is 1.14 bits per heavy atom. The number of aromatic nitrogens is 1. The van der Waals surface area contributed by atoms with E-state index >= 15 is 0 Å². The fraction of sp³-hybridized carbons (Fsp3) is 0.0500. The van der Waals surface area contributed by atoms with Crippen molar-refractivity contribution in [3.05, 3.63) is 98.6 Å². The van der Waals surface area contributed by atoms with E-state index in [2.05, 4.69) is 4.99 Å². The molecule has 0 unspecified atom stereocenters. The molecule has 4 rings (SSSR count). The molecule has 2 aromatic heterocycles. The molecule has 0 saturated heterocycles. The fourth-order valence-electron chi connectivity index (χ4n) is 2.79. The van der Waals surface area contributed by atoms with Crippen LogP contribution in [0.3, 0.4) is 0 Å². The van der Waals surface area contributed by atoms with E-state index in [1.165, 1.54) is 29.5 Å². The lowest BCUT2D eigenvalue weighted by Crippen LogP contribution is -2.16. The first-order valence-electron chi connectivity index (χ1n) is 8.46. The second-order valence-corrected chi connectivity index (χ2v) is 6.92. The third kappa shape index (κ3) is 3.99. The summed E-state index contributed by atoms with van der Waals surface area (Å²) >= 11 is 1.27. The van der Waals surface area contributed by atoms with Crippen LogP contribution in [0.15, 0.2) is 75.7 Å². The van der Waals surface area contributed by atoms with E-state index in [9.17, 15) is 18.9 Å². The van der Waals surface area contributed by atoms with Crippen molar-refractivity contribution < 1.29 is 18.1 Å². The number of thiazole rings is 1. The zero-order chi connectivity index (χ0) is 20.4. The van der Waals surface area contributed by atoms with Gasteiger partial charge in [-0.3, -0.25) is 10.1 Å². The van der Waals surface area contributed by atoms with Crippen LogP contribution in [-0.2, 0) is 6.54 Å². The summed E-state index contributed by atoms with van der Waals surface area (Å²) in [7, 11) is 0. The first-order valence-corrected chi connectivity index (χ1v) is 9.34. The van der Waals surface area contributed by atoms with Gasteiger partial charge in [0.2, 0.25) is 0 Å². The highest BCUT2D eigenvalue weighted by atomic mass is 32.1. The minimum absolute atomic E-state index is 0.0108. The number of hydrogen-bond donors (Lipinski definition) is 0. The molecular formula is C20H13F2N3O3S. The standard InChI is InChI=1S/C20H13F2N3O3S/c21-14-5-8-18(17(22)10-14)23-20-24(11-16-2-1-9-28-16)19(12-29-20)13-3-6-15(7-4-13)25(26)27/h1-10,12H,11H2. The quantitative estimate of drug-likeness (QED) is 0.330. The van der Waals surface area contributed by atoms with Gasteiger partial charge in [-0.05, 0) is 42.0 Å². The second-order valence-electron chi connectivity index (χ2n) is 6.08. The third-order valence-corrected chi connectivity index (χ3v) is 5.06. The summed E-state index contributed by atoms with van der Waals surface area (Å²) in [4.78, 5) is 15.3. The molecule has 0 radical (unpaired) electrons. The number of rotatable bonds is 5. The number of hydrogen-bond acceptors (Lipinski definition) is 5. The monoisotopic (exact) mass is 413 g/mol. The molecular weight excluding hydrogens is 400 g/mol. The van der Waals surface area contributed by atoms with Gasteiger partial charge in [0.05, 0.1) is 23.4 Å². The average molecular weight is 413 g/mol. The van der Waals surface area contributed by atoms with E-state index in [1.54, 1.807) is 30.5 Å². The normalized spacial score (nSPS) is 11.7. The summed E-state index contributed by atoms with van der Waals surface area (Å²) in [5.41, 5.74) is 1.47. The molecule has 0 spiro atoms. The smallest absolute Gasteiger partial charge is 0.269 e. The predicted molar refractivity (Wildman–Crippen MR) is 104 cm³/mol. The van der Waals surface area contributed by atoms with Gasteiger partial charge in [-0.25, -0.2) is 13.8 Å². The van der Waals surface area contributed by atoms with Crippen molar-refractivity contribution in [3.63, 3.8) is 0 Å². The lowest BCUT2D eigenvalue weighted by Gasteiger charge is -2.08. The fourth-order valence-corrected chi connectivity index (χ4v) is 3.71. The van der Waals surface area contributed by atoms with E-state index in [1.807, 2.05) is 9.95 Å². The predicted octanol–water partition coefficient (Wildman–Crippen LogP) is 5.28. The van der Waals surface area contributed by atoms with Gasteiger partial charge < -0.3 is 8.98 Å². The highest BCUT2D eigenvalue weighted by Crippen LogP contribution is 2.25. The van der Waals surface area contributed by atoms with Crippen LogP contribution in [0, 0.1) is 21.7 Å². The molecule has 0 atom stereocenters. The van der Waals surface area contributed by atoms with Gasteiger partial charge in [-0.1, -0.05) is 0 Å². The van der Waals surface area contributed by atoms with Crippen molar-refractivity contribution in [1.29, 1.82) is 0 Å². The number of nitro groups is 1. The Morgan fingerprint density at radius 3 is 2.59 bits per heavy atom. The van der Waals surface area contributed by atoms with Gasteiger partial charge in [-0.15, -0.1) is 11.3 Å². The number of non-ortho nitro benzene ring substituents is 1. The van der Waals surface area contributed by atoms with Gasteiger partial charge in [0.15, 0.2) is 10.6 Å². The van der Waals surface area contributed by atoms with Crippen LogP contribution in [-0.4, -0.2) is 9.49 Å². The number of halogens is 2. The SMILES string of the molecule is O=[N+]([O-])c1ccc(-c2csc(=Nc3ccc(F)cc3F)n2Cc2ccco2)cc1. The molecule has 0 N–H and O–H groups in total. The van der Waals surface area contributed by atoms with Crippen LogP contribution < -0.4 is 4.80 Å². The number of furan rings is 1. The summed E-state index contributed by atoms with van der Waals surface area (Å²) in [6.45, 7) is 0.324. The van der Waals surface area contributed by atoms with Crippen LogP contribution in [0.25, 0.3) is 11.3 Å². The summed E-state index contributed by atoms with van der Waals surface area (Å²) in [5, 5.41) is 12.7. The van der Waals surface area contributed by atoms with E-state index in [4.69, 9.17) is 4.42 Å². The Balaban J connectivity index is 1.83. The molecule has 4 aromatic rings. The lowest BCUT2D eigenvalue weighted by atomic mass is 10.1. The summed E-state index contributed by atoms with van der Waals surface area (Å²) in [5.74, 6) is -0.782. The molecule has 146 valence electrons. The highest BCUT2D eigenvalue weighted by Gasteiger charge is 2.13. The molecule has 0 amide bonds. The Bertz CT molecular complexity index is 1230. The Kier molecular flexibility index (Phi) is 5.05. The Hall–Kier alpha value is -3.59. The molecule has 6 nitrogen and oxygen atoms in total. The number of nitrogens with zero attached hydrogens (tertiary/aromatic N) is 3. The van der Waals surface area contributed by atoms with Gasteiger partial charge >= 0.3 is 0 Å². The molecule has 2 heterocycles. The van der Waals surface area contributed by atoms with Gasteiger partial charge in [0.25, 0.3) is 5.69 Å². The first-order chi connectivity index (χ1) is 14.0. The largest absolute Gasteiger partial charge is 0.467 e. The second kappa shape index (κ2) is 7.80. The maximum absolute atomic E-state index is 14.1. The number of nitro benzene ring substituents is 1. The van der Waals surface area contributed by atoms with E-state index in [0.717, 1.165) is 23.4 Å². The molecule has 0 fully saturated rings. The molecule has 0 saturated carbocycles. The van der Waals surface area contributed by atoms with Crippen LogP contribution >= 0.6 is 11.3 Å². The van der Waals surface area contributed by atoms with Crippen LogP contribution in [0.5, 0.6) is 0 Å². The summed E-state index contributed by atoms with van der Waals surface area (Å²) in [6.07, 6.45) is 1.55. The van der Waals surface area contributed by atoms with Gasteiger partial charge in [0, 0.05) is 23.6 Å². The number of benzene rings is 2. The van der Waals surface area contributed by atoms with Crippen molar-refractivity contribution in [2.45, 2.75) is 6.54 Å². The van der Waals surface area contributed by atoms with Gasteiger partial charge in [0.1, 0.15) is 17.3 Å². The third-order valence-electron chi connectivity index (χ3n) is 4.19. The van der Waals surface area contributed by atoms with Crippen molar-refractivity contribution in [1.82, 2.24) is 4.57 Å². The summed E-state index contributed by atoms with van der Waals surface area (Å²) in [6, 6.07) is 12.9. The Labute approximate surface area is 167 Å². The van der Waals surface area contributed by atoms with E-state index < -0.39 is 16.6 Å². The van der Waals surface area contributed by atoms with E-state index in [-0.39, 0.29) is 11.4 Å². The molecule has 0 aliphatic heterocycles. The zero-order valence-electron chi connectivity index (χ0n) is 14.8. The minimum atomic E-state index is -0.764. The molecule has 2 aromatic carbocycles. The minimum Gasteiger partial charge on any atom is -0.467 e. The van der Waals surface area contributed by atoms with Crippen LogP contribution in [0.2, 0.25) is 0 Å². The molecule has 0 aliphatic carbocycles. The van der Waals surface area contributed by atoms with Crippen molar-refractivity contribution >= 4 is 22.7 Å². The topological polar surface area (TPSA) is 73.6 Å². The maximum Gasteiger partial charge on any atom is 0.269 e. The van der Waals surface area contributed by atoms with Crippen molar-refractivity contribution in [2.24, 2.45) is 4.99 Å². The van der Waals surface area contributed by atoms with Crippen LogP contribution in [0.4, 0.5) is 20.2 Å². The maximum atomic E-state index is 14.1. The van der Waals surface area contributed by atoms with Crippen LogP contribution in [0.1, 0.15) is 5.76 Å². The highest BCUT2D eigenvalue weighted by molar-refractivity contribution is 7.07. The molecule has 0 bridgehead atoms. The molecule has 29 heavy (non-hydrogen) atoms. The van der Waals surface area contributed by atoms with E-state index in [0.29, 0.717) is 17.1 Å².